The van der Waals surface area contributed by atoms with Crippen molar-refractivity contribution in [1.29, 1.82) is 0 Å². The SMILES string of the molecule is C[C@H](CNC(=O)c1cc2ccccc2o1)CN1CCCCC1. The molecule has 3 rings (SSSR count). The molecule has 1 atom stereocenters. The van der Waals surface area contributed by atoms with E-state index >= 15 is 0 Å². The van der Waals surface area contributed by atoms with Gasteiger partial charge in [0.2, 0.25) is 0 Å². The molecule has 0 bridgehead atoms. The van der Waals surface area contributed by atoms with E-state index < -0.39 is 0 Å². The number of carbonyl (C=O) groups excluding carboxylic acids is 1. The molecule has 1 saturated heterocycles. The third kappa shape index (κ3) is 3.69. The lowest BCUT2D eigenvalue weighted by molar-refractivity contribution is 0.0917. The number of para-hydroxylation sites is 1. The van der Waals surface area contributed by atoms with Gasteiger partial charge in [0.05, 0.1) is 0 Å². The number of carbonyl (C=O) groups is 1. The minimum atomic E-state index is -0.123. The van der Waals surface area contributed by atoms with E-state index in [-0.39, 0.29) is 5.91 Å². The van der Waals surface area contributed by atoms with E-state index in [1.807, 2.05) is 24.3 Å². The first-order chi connectivity index (χ1) is 10.7. The normalized spacial score (nSPS) is 17.5. The van der Waals surface area contributed by atoms with Gasteiger partial charge >= 0.3 is 0 Å². The van der Waals surface area contributed by atoms with Gasteiger partial charge in [-0.2, -0.15) is 0 Å². The minimum Gasteiger partial charge on any atom is -0.451 e. The fourth-order valence-electron chi connectivity index (χ4n) is 3.10. The average molecular weight is 300 g/mol. The van der Waals surface area contributed by atoms with Crippen molar-refractivity contribution in [3.8, 4) is 0 Å². The molecule has 0 aliphatic carbocycles. The van der Waals surface area contributed by atoms with Crippen molar-refractivity contribution in [1.82, 2.24) is 10.2 Å². The Hall–Kier alpha value is -1.81. The van der Waals surface area contributed by atoms with E-state index in [9.17, 15) is 4.79 Å². The predicted molar refractivity (Wildman–Crippen MR) is 88.0 cm³/mol. The number of hydrogen-bond acceptors (Lipinski definition) is 3. The summed E-state index contributed by atoms with van der Waals surface area (Å²) in [6.45, 7) is 6.32. The molecule has 4 nitrogen and oxygen atoms in total. The van der Waals surface area contributed by atoms with Gasteiger partial charge in [-0.25, -0.2) is 0 Å². The molecule has 0 unspecified atom stereocenters. The summed E-state index contributed by atoms with van der Waals surface area (Å²) in [5.74, 6) is 0.722. The van der Waals surface area contributed by atoms with Gasteiger partial charge in [-0.15, -0.1) is 0 Å². The molecule has 1 N–H and O–H groups in total. The van der Waals surface area contributed by atoms with Crippen LogP contribution in [0.15, 0.2) is 34.7 Å². The van der Waals surface area contributed by atoms with Gasteiger partial charge in [-0.05, 0) is 44.0 Å². The highest BCUT2D eigenvalue weighted by Gasteiger charge is 2.16. The van der Waals surface area contributed by atoms with Crippen LogP contribution in [0.3, 0.4) is 0 Å². The first-order valence-electron chi connectivity index (χ1n) is 8.21. The number of nitrogens with one attached hydrogen (secondary N) is 1. The topological polar surface area (TPSA) is 45.5 Å². The summed E-state index contributed by atoms with van der Waals surface area (Å²) < 4.78 is 5.59. The maximum atomic E-state index is 12.2. The molecule has 0 spiro atoms. The summed E-state index contributed by atoms with van der Waals surface area (Å²) in [7, 11) is 0. The molecule has 1 fully saturated rings. The largest absolute Gasteiger partial charge is 0.451 e. The first-order valence-corrected chi connectivity index (χ1v) is 8.21. The Morgan fingerprint density at radius 3 is 2.82 bits per heavy atom. The lowest BCUT2D eigenvalue weighted by Gasteiger charge is -2.29. The van der Waals surface area contributed by atoms with Gasteiger partial charge in [0.15, 0.2) is 5.76 Å². The summed E-state index contributed by atoms with van der Waals surface area (Å²) >= 11 is 0. The van der Waals surface area contributed by atoms with Gasteiger partial charge in [-0.1, -0.05) is 31.5 Å². The van der Waals surface area contributed by atoms with E-state index in [2.05, 4.69) is 17.1 Å². The summed E-state index contributed by atoms with van der Waals surface area (Å²) in [4.78, 5) is 14.7. The Kier molecular flexibility index (Phi) is 4.78. The smallest absolute Gasteiger partial charge is 0.287 e. The highest BCUT2D eigenvalue weighted by molar-refractivity contribution is 5.96. The number of amides is 1. The average Bonchev–Trinajstić information content (AvgIpc) is 2.98. The molecule has 2 heterocycles. The lowest BCUT2D eigenvalue weighted by atomic mass is 10.1. The van der Waals surface area contributed by atoms with Crippen LogP contribution < -0.4 is 5.32 Å². The molecule has 1 aliphatic rings. The van der Waals surface area contributed by atoms with Crippen LogP contribution in [0, 0.1) is 5.92 Å². The van der Waals surface area contributed by atoms with Crippen LogP contribution in [0.25, 0.3) is 11.0 Å². The van der Waals surface area contributed by atoms with Crippen LogP contribution in [0.4, 0.5) is 0 Å². The molecule has 2 aromatic rings. The van der Waals surface area contributed by atoms with Gasteiger partial charge in [0.1, 0.15) is 5.58 Å². The van der Waals surface area contributed by atoms with Crippen molar-refractivity contribution in [2.45, 2.75) is 26.2 Å². The van der Waals surface area contributed by atoms with Gasteiger partial charge < -0.3 is 14.6 Å². The molecule has 4 heteroatoms. The van der Waals surface area contributed by atoms with Crippen LogP contribution in [0.5, 0.6) is 0 Å². The summed E-state index contributed by atoms with van der Waals surface area (Å²) in [5, 5.41) is 3.96. The Labute approximate surface area is 131 Å². The van der Waals surface area contributed by atoms with E-state index in [1.54, 1.807) is 6.07 Å². The van der Waals surface area contributed by atoms with E-state index in [0.717, 1.165) is 17.5 Å². The number of likely N-dealkylation sites (tertiary alicyclic amines) is 1. The quantitative estimate of drug-likeness (QED) is 0.921. The van der Waals surface area contributed by atoms with Crippen LogP contribution in [0.2, 0.25) is 0 Å². The molecule has 0 saturated carbocycles. The van der Waals surface area contributed by atoms with Crippen LogP contribution in [-0.2, 0) is 0 Å². The highest BCUT2D eigenvalue weighted by Crippen LogP contribution is 2.18. The van der Waals surface area contributed by atoms with Crippen LogP contribution in [-0.4, -0.2) is 37.0 Å². The Balaban J connectivity index is 1.50. The maximum absolute atomic E-state index is 12.2. The molecular weight excluding hydrogens is 276 g/mol. The zero-order valence-electron chi connectivity index (χ0n) is 13.2. The van der Waals surface area contributed by atoms with Crippen molar-refractivity contribution in [2.24, 2.45) is 5.92 Å². The second-order valence-corrected chi connectivity index (χ2v) is 6.32. The van der Waals surface area contributed by atoms with E-state index in [4.69, 9.17) is 4.42 Å². The number of rotatable bonds is 5. The Morgan fingerprint density at radius 1 is 1.27 bits per heavy atom. The van der Waals surface area contributed by atoms with E-state index in [1.165, 1.54) is 32.4 Å². The summed E-state index contributed by atoms with van der Waals surface area (Å²) in [6, 6.07) is 9.49. The van der Waals surface area contributed by atoms with Crippen LogP contribution >= 0.6 is 0 Å². The maximum Gasteiger partial charge on any atom is 0.287 e. The second-order valence-electron chi connectivity index (χ2n) is 6.32. The van der Waals surface area contributed by atoms with E-state index in [0.29, 0.717) is 18.2 Å². The molecule has 1 aliphatic heterocycles. The molecular formula is C18H24N2O2. The number of hydrogen-bond donors (Lipinski definition) is 1. The summed E-state index contributed by atoms with van der Waals surface area (Å²) in [5.41, 5.74) is 0.758. The second kappa shape index (κ2) is 6.97. The lowest BCUT2D eigenvalue weighted by Crippen LogP contribution is -2.37. The number of nitrogens with zero attached hydrogens (tertiary/aromatic N) is 1. The van der Waals surface area contributed by atoms with Crippen molar-refractivity contribution < 1.29 is 9.21 Å². The molecule has 1 aromatic carbocycles. The highest BCUT2D eigenvalue weighted by atomic mass is 16.3. The fraction of sp³-hybridized carbons (Fsp3) is 0.500. The van der Waals surface area contributed by atoms with Crippen molar-refractivity contribution in [2.75, 3.05) is 26.2 Å². The summed E-state index contributed by atoms with van der Waals surface area (Å²) in [6.07, 6.45) is 3.96. The van der Waals surface area contributed by atoms with Crippen LogP contribution in [0.1, 0.15) is 36.7 Å². The standard InChI is InChI=1S/C18H24N2O2/c1-14(13-20-9-5-2-6-10-20)12-19-18(21)17-11-15-7-3-4-8-16(15)22-17/h3-4,7-8,11,14H,2,5-6,9-10,12-13H2,1H3,(H,19,21)/t14-/m1/s1. The molecule has 22 heavy (non-hydrogen) atoms. The minimum absolute atomic E-state index is 0.123. The van der Waals surface area contributed by atoms with Crippen molar-refractivity contribution in [3.05, 3.63) is 36.1 Å². The first kappa shape index (κ1) is 15.1. The third-order valence-corrected chi connectivity index (χ3v) is 4.28. The van der Waals surface area contributed by atoms with Crippen molar-refractivity contribution >= 4 is 16.9 Å². The molecule has 1 aromatic heterocycles. The number of piperidine rings is 1. The van der Waals surface area contributed by atoms with Gasteiger partial charge in [0.25, 0.3) is 5.91 Å². The predicted octanol–water partition coefficient (Wildman–Crippen LogP) is 3.28. The fourth-order valence-corrected chi connectivity index (χ4v) is 3.10. The zero-order valence-corrected chi connectivity index (χ0v) is 13.2. The number of fused-ring (bicyclic) bond motifs is 1. The van der Waals surface area contributed by atoms with Gasteiger partial charge in [-0.3, -0.25) is 4.79 Å². The monoisotopic (exact) mass is 300 g/mol. The molecule has 1 amide bonds. The Morgan fingerprint density at radius 2 is 2.05 bits per heavy atom. The number of benzene rings is 1. The molecule has 0 radical (unpaired) electrons. The van der Waals surface area contributed by atoms with Crippen molar-refractivity contribution in [3.63, 3.8) is 0 Å². The molecule has 118 valence electrons. The zero-order chi connectivity index (χ0) is 15.4. The third-order valence-electron chi connectivity index (χ3n) is 4.28. The van der Waals surface area contributed by atoms with Gasteiger partial charge in [0, 0.05) is 18.5 Å². The number of furan rings is 1. The Bertz CT molecular complexity index is 596.